The molecule has 0 radical (unpaired) electrons. The van der Waals surface area contributed by atoms with E-state index in [9.17, 15) is 23.4 Å². The van der Waals surface area contributed by atoms with Crippen LogP contribution in [0.3, 0.4) is 0 Å². The first-order chi connectivity index (χ1) is 15.8. The van der Waals surface area contributed by atoms with Crippen molar-refractivity contribution in [3.63, 3.8) is 0 Å². The number of aromatic hydroxyl groups is 1. The third-order valence-electron chi connectivity index (χ3n) is 6.83. The summed E-state index contributed by atoms with van der Waals surface area (Å²) in [5.41, 5.74) is 1.20. The molecule has 1 saturated carbocycles. The summed E-state index contributed by atoms with van der Waals surface area (Å²) >= 11 is 0. The first kappa shape index (κ1) is 22.4. The van der Waals surface area contributed by atoms with Crippen molar-refractivity contribution in [1.29, 1.82) is 0 Å². The number of likely N-dealkylation sites (tertiary alicyclic amines) is 1. The lowest BCUT2D eigenvalue weighted by Crippen LogP contribution is -2.46. The molecule has 1 aromatic carbocycles. The summed E-state index contributed by atoms with van der Waals surface area (Å²) < 4.78 is 44.5. The van der Waals surface area contributed by atoms with Crippen molar-refractivity contribution in [1.82, 2.24) is 15.1 Å². The molecular weight excluding hydrogens is 437 g/mol. The van der Waals surface area contributed by atoms with Crippen LogP contribution in [0.5, 0.6) is 5.75 Å². The van der Waals surface area contributed by atoms with Crippen LogP contribution in [-0.2, 0) is 24.1 Å². The van der Waals surface area contributed by atoms with E-state index in [1.807, 2.05) is 0 Å². The highest BCUT2D eigenvalue weighted by atomic mass is 19.4. The minimum atomic E-state index is -4.53. The number of alkyl halides is 3. The number of piperidine rings is 1. The fourth-order valence-electron chi connectivity index (χ4n) is 5.06. The molecule has 178 valence electrons. The van der Waals surface area contributed by atoms with Crippen molar-refractivity contribution in [2.24, 2.45) is 5.92 Å². The molecular formula is C23H27F3N4O3. The molecule has 2 aliphatic heterocycles. The molecule has 7 nitrogen and oxygen atoms in total. The monoisotopic (exact) mass is 464 g/mol. The Morgan fingerprint density at radius 3 is 2.67 bits per heavy atom. The Morgan fingerprint density at radius 2 is 1.94 bits per heavy atom. The molecule has 2 aromatic rings. The second kappa shape index (κ2) is 8.73. The maximum Gasteiger partial charge on any atom is 0.416 e. The van der Waals surface area contributed by atoms with Crippen LogP contribution in [0.15, 0.2) is 18.2 Å². The summed E-state index contributed by atoms with van der Waals surface area (Å²) in [6.45, 7) is 3.51. The summed E-state index contributed by atoms with van der Waals surface area (Å²) in [7, 11) is 0. The van der Waals surface area contributed by atoms with Gasteiger partial charge in [-0.3, -0.25) is 0 Å². The standard InChI is InChI=1S/C23H27F3N4O3/c24-23(25,26)14-3-4-17(20(32)8-14)21-18-11-33-12-19(18)22(29-28-21)27-15-2-1-5-30(10-15)9-13-6-16(31)7-13/h3-4,8,13,15-16,31-32H,1-2,5-7,9-12H2,(H,27,29)/t13?,15-,16?/m1/s1. The summed E-state index contributed by atoms with van der Waals surface area (Å²) in [5.74, 6) is 0.702. The Balaban J connectivity index is 1.33. The minimum absolute atomic E-state index is 0.144. The van der Waals surface area contributed by atoms with Crippen LogP contribution in [0, 0.1) is 5.92 Å². The molecule has 3 heterocycles. The van der Waals surface area contributed by atoms with Crippen molar-refractivity contribution in [2.45, 2.75) is 57.2 Å². The highest BCUT2D eigenvalue weighted by molar-refractivity contribution is 5.73. The van der Waals surface area contributed by atoms with Gasteiger partial charge < -0.3 is 25.2 Å². The van der Waals surface area contributed by atoms with E-state index < -0.39 is 17.5 Å². The van der Waals surface area contributed by atoms with Crippen LogP contribution in [-0.4, -0.2) is 57.1 Å². The molecule has 1 aliphatic carbocycles. The fourth-order valence-corrected chi connectivity index (χ4v) is 5.06. The molecule has 3 N–H and O–H groups in total. The van der Waals surface area contributed by atoms with Crippen LogP contribution < -0.4 is 5.32 Å². The average molecular weight is 464 g/mol. The number of halogens is 3. The number of hydrogen-bond acceptors (Lipinski definition) is 7. The van der Waals surface area contributed by atoms with Gasteiger partial charge in [0.2, 0.25) is 0 Å². The smallest absolute Gasteiger partial charge is 0.416 e. The predicted molar refractivity (Wildman–Crippen MR) is 114 cm³/mol. The van der Waals surface area contributed by atoms with E-state index in [4.69, 9.17) is 4.74 Å². The number of nitrogens with zero attached hydrogens (tertiary/aromatic N) is 3. The maximum absolute atomic E-state index is 13.0. The fraction of sp³-hybridized carbons (Fsp3) is 0.565. The van der Waals surface area contributed by atoms with Gasteiger partial charge >= 0.3 is 6.18 Å². The lowest BCUT2D eigenvalue weighted by Gasteiger charge is -2.39. The van der Waals surface area contributed by atoms with Gasteiger partial charge in [0.05, 0.1) is 24.9 Å². The normalized spacial score (nSPS) is 25.5. The molecule has 1 saturated heterocycles. The molecule has 0 spiro atoms. The van der Waals surface area contributed by atoms with Crippen molar-refractivity contribution >= 4 is 5.82 Å². The Morgan fingerprint density at radius 1 is 1.15 bits per heavy atom. The number of anilines is 1. The SMILES string of the molecule is Oc1cc(C(F)(F)F)ccc1-c1nnc(N[C@@H]2CCCN(CC3CC(O)C3)C2)c2c1COC2. The van der Waals surface area contributed by atoms with Crippen molar-refractivity contribution in [2.75, 3.05) is 25.0 Å². The number of phenols is 1. The van der Waals surface area contributed by atoms with E-state index in [1.54, 1.807) is 0 Å². The molecule has 3 aliphatic rings. The number of ether oxygens (including phenoxy) is 1. The van der Waals surface area contributed by atoms with Gasteiger partial charge in [0, 0.05) is 35.8 Å². The number of aliphatic hydroxyl groups excluding tert-OH is 1. The minimum Gasteiger partial charge on any atom is -0.507 e. The van der Waals surface area contributed by atoms with Gasteiger partial charge in [-0.2, -0.15) is 13.2 Å². The quantitative estimate of drug-likeness (QED) is 0.624. The Hall–Kier alpha value is -2.43. The number of aliphatic hydroxyl groups is 1. The van der Waals surface area contributed by atoms with Gasteiger partial charge in [0.1, 0.15) is 11.4 Å². The van der Waals surface area contributed by atoms with Crippen molar-refractivity contribution < 1.29 is 28.1 Å². The number of rotatable bonds is 5. The Kier molecular flexibility index (Phi) is 5.92. The second-order valence-electron chi connectivity index (χ2n) is 9.31. The molecule has 2 fully saturated rings. The van der Waals surface area contributed by atoms with Crippen molar-refractivity contribution in [3.05, 3.63) is 34.9 Å². The highest BCUT2D eigenvalue weighted by Crippen LogP contribution is 2.40. The summed E-state index contributed by atoms with van der Waals surface area (Å²) in [6.07, 6.45) is -0.854. The average Bonchev–Trinajstić information content (AvgIpc) is 3.23. The topological polar surface area (TPSA) is 90.7 Å². The zero-order chi connectivity index (χ0) is 23.2. The van der Waals surface area contributed by atoms with Crippen LogP contribution in [0.1, 0.15) is 42.4 Å². The van der Waals surface area contributed by atoms with Crippen LogP contribution in [0.2, 0.25) is 0 Å². The van der Waals surface area contributed by atoms with Crippen LogP contribution in [0.4, 0.5) is 19.0 Å². The molecule has 5 rings (SSSR count). The van der Waals surface area contributed by atoms with E-state index in [1.165, 1.54) is 6.07 Å². The van der Waals surface area contributed by atoms with E-state index in [0.29, 0.717) is 30.1 Å². The molecule has 0 unspecified atom stereocenters. The molecule has 1 atom stereocenters. The zero-order valence-electron chi connectivity index (χ0n) is 18.1. The largest absolute Gasteiger partial charge is 0.507 e. The molecule has 0 bridgehead atoms. The number of phenolic OH excluding ortho intramolecular Hbond substituents is 1. The van der Waals surface area contributed by atoms with Gasteiger partial charge in [-0.15, -0.1) is 10.2 Å². The van der Waals surface area contributed by atoms with E-state index in [2.05, 4.69) is 20.4 Å². The van der Waals surface area contributed by atoms with E-state index >= 15 is 0 Å². The predicted octanol–water partition coefficient (Wildman–Crippen LogP) is 3.55. The van der Waals surface area contributed by atoms with Gasteiger partial charge in [-0.25, -0.2) is 0 Å². The number of benzene rings is 1. The molecule has 33 heavy (non-hydrogen) atoms. The van der Waals surface area contributed by atoms with Gasteiger partial charge in [-0.1, -0.05) is 0 Å². The highest BCUT2D eigenvalue weighted by Gasteiger charge is 2.33. The summed E-state index contributed by atoms with van der Waals surface area (Å²) in [4.78, 5) is 2.43. The first-order valence-corrected chi connectivity index (χ1v) is 11.3. The molecule has 10 heteroatoms. The number of fused-ring (bicyclic) bond motifs is 1. The number of hydrogen-bond donors (Lipinski definition) is 3. The van der Waals surface area contributed by atoms with Gasteiger partial charge in [-0.05, 0) is 56.3 Å². The second-order valence-corrected chi connectivity index (χ2v) is 9.31. The van der Waals surface area contributed by atoms with Crippen LogP contribution in [0.25, 0.3) is 11.3 Å². The molecule has 0 amide bonds. The van der Waals surface area contributed by atoms with Gasteiger partial charge in [0.25, 0.3) is 0 Å². The third-order valence-corrected chi connectivity index (χ3v) is 6.83. The lowest BCUT2D eigenvalue weighted by molar-refractivity contribution is -0.137. The van der Waals surface area contributed by atoms with Gasteiger partial charge in [0.15, 0.2) is 5.82 Å². The van der Waals surface area contributed by atoms with E-state index in [-0.39, 0.29) is 24.3 Å². The first-order valence-electron chi connectivity index (χ1n) is 11.3. The maximum atomic E-state index is 13.0. The van der Waals surface area contributed by atoms with E-state index in [0.717, 1.165) is 62.5 Å². The number of nitrogens with one attached hydrogen (secondary N) is 1. The third kappa shape index (κ3) is 4.64. The summed E-state index contributed by atoms with van der Waals surface area (Å²) in [6, 6.07) is 3.07. The Labute approximate surface area is 189 Å². The number of aromatic nitrogens is 2. The van der Waals surface area contributed by atoms with Crippen LogP contribution >= 0.6 is 0 Å². The zero-order valence-corrected chi connectivity index (χ0v) is 18.1. The van der Waals surface area contributed by atoms with Crippen molar-refractivity contribution in [3.8, 4) is 17.0 Å². The molecule has 1 aromatic heterocycles. The Bertz CT molecular complexity index is 1030. The summed E-state index contributed by atoms with van der Waals surface area (Å²) in [5, 5.41) is 31.9. The lowest BCUT2D eigenvalue weighted by atomic mass is 9.82.